The van der Waals surface area contributed by atoms with Gasteiger partial charge in [0.2, 0.25) is 10.0 Å². The fraction of sp³-hybridized carbons (Fsp3) is 0.429. The predicted molar refractivity (Wildman–Crippen MR) is 115 cm³/mol. The lowest BCUT2D eigenvalue weighted by Gasteiger charge is -2.32. The van der Waals surface area contributed by atoms with Crippen molar-refractivity contribution in [2.75, 3.05) is 13.1 Å². The summed E-state index contributed by atoms with van der Waals surface area (Å²) < 4.78 is 29.8. The fourth-order valence-electron chi connectivity index (χ4n) is 3.99. The summed E-state index contributed by atoms with van der Waals surface area (Å²) in [6.07, 6.45) is 4.12. The highest BCUT2D eigenvalue weighted by Crippen LogP contribution is 2.31. The minimum Gasteiger partial charge on any atom is -0.309 e. The third kappa shape index (κ3) is 4.04. The van der Waals surface area contributed by atoms with Crippen LogP contribution in [0.3, 0.4) is 0 Å². The molecule has 8 heteroatoms. The molecule has 1 aromatic carbocycles. The molecule has 1 fully saturated rings. The summed E-state index contributed by atoms with van der Waals surface area (Å²) in [5.74, 6) is 1.51. The van der Waals surface area contributed by atoms with Gasteiger partial charge in [0.15, 0.2) is 5.65 Å². The highest BCUT2D eigenvalue weighted by Gasteiger charge is 2.31. The van der Waals surface area contributed by atoms with Crippen LogP contribution in [0.1, 0.15) is 38.6 Å². The fourth-order valence-corrected chi connectivity index (χ4v) is 5.76. The number of aromatic nitrogens is 3. The zero-order valence-corrected chi connectivity index (χ0v) is 18.2. The molecule has 0 atom stereocenters. The first-order chi connectivity index (χ1) is 13.9. The first-order valence-corrected chi connectivity index (χ1v) is 11.8. The summed E-state index contributed by atoms with van der Waals surface area (Å²) in [5.41, 5.74) is 1.79. The number of hydrogen-bond acceptors (Lipinski definition) is 4. The van der Waals surface area contributed by atoms with Gasteiger partial charge in [0, 0.05) is 36.8 Å². The molecule has 0 unspecified atom stereocenters. The summed E-state index contributed by atoms with van der Waals surface area (Å²) in [4.78, 5) is 9.62. The summed E-state index contributed by atoms with van der Waals surface area (Å²) in [6, 6.07) is 10.5. The minimum absolute atomic E-state index is 0.189. The van der Waals surface area contributed by atoms with E-state index in [4.69, 9.17) is 16.6 Å². The Balaban J connectivity index is 1.59. The number of benzene rings is 1. The molecule has 154 valence electrons. The van der Waals surface area contributed by atoms with Gasteiger partial charge in [-0.2, -0.15) is 4.31 Å². The number of pyridine rings is 1. The molecule has 3 heterocycles. The molecule has 0 N–H and O–H groups in total. The van der Waals surface area contributed by atoms with Crippen molar-refractivity contribution >= 4 is 32.8 Å². The topological polar surface area (TPSA) is 68.1 Å². The van der Waals surface area contributed by atoms with Crippen LogP contribution in [0.15, 0.2) is 47.5 Å². The lowest BCUT2D eigenvalue weighted by molar-refractivity contribution is 0.272. The van der Waals surface area contributed by atoms with E-state index in [9.17, 15) is 8.42 Å². The maximum atomic E-state index is 13.0. The molecule has 0 saturated carbocycles. The normalized spacial score (nSPS) is 16.7. The van der Waals surface area contributed by atoms with Gasteiger partial charge in [-0.15, -0.1) is 0 Å². The summed E-state index contributed by atoms with van der Waals surface area (Å²) in [7, 11) is -3.54. The van der Waals surface area contributed by atoms with E-state index in [1.165, 1.54) is 6.07 Å². The van der Waals surface area contributed by atoms with Crippen LogP contribution in [0.5, 0.6) is 0 Å². The van der Waals surface area contributed by atoms with E-state index in [1.807, 2.05) is 12.1 Å². The lowest BCUT2D eigenvalue weighted by Crippen LogP contribution is -2.39. The summed E-state index contributed by atoms with van der Waals surface area (Å²) >= 11 is 5.99. The zero-order valence-electron chi connectivity index (χ0n) is 16.6. The van der Waals surface area contributed by atoms with Crippen molar-refractivity contribution in [3.63, 3.8) is 0 Å². The van der Waals surface area contributed by atoms with Gasteiger partial charge in [-0.3, -0.25) is 0 Å². The van der Waals surface area contributed by atoms with E-state index in [2.05, 4.69) is 23.4 Å². The number of sulfonamides is 1. The zero-order chi connectivity index (χ0) is 20.6. The average Bonchev–Trinajstić information content (AvgIpc) is 3.05. The van der Waals surface area contributed by atoms with Gasteiger partial charge in [-0.25, -0.2) is 18.4 Å². The molecule has 2 aromatic heterocycles. The number of fused-ring (bicyclic) bond motifs is 1. The van der Waals surface area contributed by atoms with Crippen LogP contribution in [0, 0.1) is 5.92 Å². The molecule has 0 bridgehead atoms. The van der Waals surface area contributed by atoms with Gasteiger partial charge in [-0.05, 0) is 49.1 Å². The molecule has 0 spiro atoms. The van der Waals surface area contributed by atoms with Crippen LogP contribution < -0.4 is 0 Å². The van der Waals surface area contributed by atoms with Crippen LogP contribution in [0.25, 0.3) is 11.2 Å². The van der Waals surface area contributed by atoms with Gasteiger partial charge in [0.05, 0.1) is 4.90 Å². The second-order valence-electron chi connectivity index (χ2n) is 7.93. The summed E-state index contributed by atoms with van der Waals surface area (Å²) in [6.45, 7) is 5.29. The third-order valence-corrected chi connectivity index (χ3v) is 7.46. The van der Waals surface area contributed by atoms with Gasteiger partial charge in [-0.1, -0.05) is 31.5 Å². The first kappa shape index (κ1) is 20.3. The Morgan fingerprint density at radius 1 is 1.17 bits per heavy atom. The quantitative estimate of drug-likeness (QED) is 0.602. The molecular weight excluding hydrogens is 408 g/mol. The van der Waals surface area contributed by atoms with Crippen LogP contribution in [0.4, 0.5) is 0 Å². The lowest BCUT2D eigenvalue weighted by atomic mass is 10.1. The molecule has 6 nitrogen and oxygen atoms in total. The minimum atomic E-state index is -3.54. The van der Waals surface area contributed by atoms with Gasteiger partial charge in [0.1, 0.15) is 11.3 Å². The van der Waals surface area contributed by atoms with E-state index < -0.39 is 10.0 Å². The SMILES string of the molecule is CC(C)Cc1nc2cccnc2n1C1CCN(S(=O)(=O)c2cccc(Cl)c2)CC1. The number of piperidine rings is 1. The second kappa shape index (κ2) is 8.05. The second-order valence-corrected chi connectivity index (χ2v) is 10.3. The molecule has 1 aliphatic rings. The Hall–Kier alpha value is -1.96. The Morgan fingerprint density at radius 2 is 1.93 bits per heavy atom. The number of rotatable bonds is 5. The number of nitrogens with zero attached hydrogens (tertiary/aromatic N) is 4. The number of imidazole rings is 1. The maximum absolute atomic E-state index is 13.0. The molecule has 4 rings (SSSR count). The Bertz CT molecular complexity index is 1120. The molecule has 1 saturated heterocycles. The van der Waals surface area contributed by atoms with Gasteiger partial charge >= 0.3 is 0 Å². The molecule has 3 aromatic rings. The Morgan fingerprint density at radius 3 is 2.62 bits per heavy atom. The Kier molecular flexibility index (Phi) is 5.64. The van der Waals surface area contributed by atoms with E-state index in [0.717, 1.165) is 36.3 Å². The monoisotopic (exact) mass is 432 g/mol. The van der Waals surface area contributed by atoms with Crippen molar-refractivity contribution < 1.29 is 8.42 Å². The van der Waals surface area contributed by atoms with Crippen LogP contribution in [-0.2, 0) is 16.4 Å². The van der Waals surface area contributed by atoms with E-state index >= 15 is 0 Å². The largest absolute Gasteiger partial charge is 0.309 e. The first-order valence-electron chi connectivity index (χ1n) is 9.94. The Labute approximate surface area is 176 Å². The predicted octanol–water partition coefficient (Wildman–Crippen LogP) is 4.31. The highest BCUT2D eigenvalue weighted by molar-refractivity contribution is 7.89. The molecule has 0 radical (unpaired) electrons. The number of halogens is 1. The maximum Gasteiger partial charge on any atom is 0.243 e. The van der Waals surface area contributed by atoms with E-state index in [1.54, 1.807) is 28.7 Å². The average molecular weight is 433 g/mol. The third-order valence-electron chi connectivity index (χ3n) is 5.34. The molecule has 1 aliphatic heterocycles. The van der Waals surface area contributed by atoms with Crippen molar-refractivity contribution in [1.82, 2.24) is 18.8 Å². The molecule has 0 amide bonds. The molecular formula is C21H25ClN4O2S. The van der Waals surface area contributed by atoms with Crippen LogP contribution >= 0.6 is 11.6 Å². The highest BCUT2D eigenvalue weighted by atomic mass is 35.5. The smallest absolute Gasteiger partial charge is 0.243 e. The number of hydrogen-bond donors (Lipinski definition) is 0. The van der Waals surface area contributed by atoms with Crippen LogP contribution in [0.2, 0.25) is 5.02 Å². The van der Waals surface area contributed by atoms with E-state index in [-0.39, 0.29) is 10.9 Å². The van der Waals surface area contributed by atoms with Crippen molar-refractivity contribution in [1.29, 1.82) is 0 Å². The van der Waals surface area contributed by atoms with Crippen LogP contribution in [-0.4, -0.2) is 40.3 Å². The summed E-state index contributed by atoms with van der Waals surface area (Å²) in [5, 5.41) is 0.426. The van der Waals surface area contributed by atoms with Crippen molar-refractivity contribution in [2.24, 2.45) is 5.92 Å². The van der Waals surface area contributed by atoms with Gasteiger partial charge in [0.25, 0.3) is 0 Å². The molecule has 29 heavy (non-hydrogen) atoms. The van der Waals surface area contributed by atoms with Gasteiger partial charge < -0.3 is 4.57 Å². The standard InChI is InChI=1S/C21H25ClN4O2S/c1-15(2)13-20-24-19-7-4-10-23-21(19)26(20)17-8-11-25(12-9-17)29(27,28)18-6-3-5-16(22)14-18/h3-7,10,14-15,17H,8-9,11-13H2,1-2H3. The van der Waals surface area contributed by atoms with Crippen molar-refractivity contribution in [3.8, 4) is 0 Å². The van der Waals surface area contributed by atoms with Crippen molar-refractivity contribution in [2.45, 2.75) is 44.0 Å². The van der Waals surface area contributed by atoms with E-state index in [0.29, 0.717) is 24.0 Å². The van der Waals surface area contributed by atoms with Crippen molar-refractivity contribution in [3.05, 3.63) is 53.4 Å². The molecule has 0 aliphatic carbocycles.